The Morgan fingerprint density at radius 1 is 0.714 bits per heavy atom. The number of hydrogen-bond donors (Lipinski definition) is 0. The Kier molecular flexibility index (Phi) is 7.99. The Bertz CT molecular complexity index is 531. The van der Waals surface area contributed by atoms with Crippen LogP contribution in [0.5, 0.6) is 0 Å². The second-order valence-corrected chi connectivity index (χ2v) is 9.40. The molecule has 158 valence electrons. The van der Waals surface area contributed by atoms with Crippen LogP contribution in [0.25, 0.3) is 0 Å². The summed E-state index contributed by atoms with van der Waals surface area (Å²) in [6, 6.07) is 0. The van der Waals surface area contributed by atoms with Crippen LogP contribution in [0.15, 0.2) is 12.2 Å². The molecule has 3 aliphatic rings. The quantitative estimate of drug-likeness (QED) is 0.453. The third-order valence-electron chi connectivity index (χ3n) is 7.32. The van der Waals surface area contributed by atoms with Crippen LogP contribution < -0.4 is 0 Å². The van der Waals surface area contributed by atoms with Gasteiger partial charge in [-0.05, 0) is 102 Å². The average Bonchev–Trinajstić information content (AvgIpc) is 2.70. The van der Waals surface area contributed by atoms with Crippen molar-refractivity contribution < 1.29 is 19.1 Å². The van der Waals surface area contributed by atoms with Gasteiger partial charge in [-0.2, -0.15) is 0 Å². The molecule has 0 aromatic rings. The van der Waals surface area contributed by atoms with E-state index in [9.17, 15) is 9.59 Å². The Morgan fingerprint density at radius 3 is 1.79 bits per heavy atom. The summed E-state index contributed by atoms with van der Waals surface area (Å²) >= 11 is 0. The van der Waals surface area contributed by atoms with Crippen molar-refractivity contribution in [1.82, 2.24) is 0 Å². The first-order valence-electron chi connectivity index (χ1n) is 11.6. The fourth-order valence-corrected chi connectivity index (χ4v) is 5.45. The number of ether oxygens (including phenoxy) is 2. The van der Waals surface area contributed by atoms with Crippen molar-refractivity contribution in [2.45, 2.75) is 103 Å². The van der Waals surface area contributed by atoms with Gasteiger partial charge in [0.25, 0.3) is 0 Å². The minimum atomic E-state index is -0.211. The molecule has 0 heterocycles. The van der Waals surface area contributed by atoms with Gasteiger partial charge in [-0.15, -0.1) is 0 Å². The highest BCUT2D eigenvalue weighted by atomic mass is 16.5. The number of esters is 2. The van der Waals surface area contributed by atoms with Crippen molar-refractivity contribution in [3.05, 3.63) is 12.2 Å². The number of carbonyl (C=O) groups is 2. The standard InChI is InChI=1S/C24H38O4/c1-3-4-23(25)27-21-15-11-19(12-16-21)18-7-9-20(10-8-18)24(26)28-22-13-5-17(2)6-14-22/h3-4,17-22H,5-16H2,1-2H3/b4-3+/t17-,18-,19-,20-,21-,22-. The third-order valence-corrected chi connectivity index (χ3v) is 7.32. The second kappa shape index (κ2) is 10.5. The lowest BCUT2D eigenvalue weighted by molar-refractivity contribution is -0.157. The van der Waals surface area contributed by atoms with Gasteiger partial charge in [0.05, 0.1) is 5.92 Å². The molecule has 4 heteroatoms. The van der Waals surface area contributed by atoms with Gasteiger partial charge in [0.15, 0.2) is 0 Å². The third kappa shape index (κ3) is 6.09. The van der Waals surface area contributed by atoms with Crippen molar-refractivity contribution in [2.75, 3.05) is 0 Å². The van der Waals surface area contributed by atoms with Gasteiger partial charge in [0.1, 0.15) is 12.2 Å². The van der Waals surface area contributed by atoms with Gasteiger partial charge in [0, 0.05) is 6.08 Å². The summed E-state index contributed by atoms with van der Waals surface area (Å²) in [6.07, 6.45) is 16.5. The first-order valence-corrected chi connectivity index (χ1v) is 11.6. The number of carbonyl (C=O) groups excluding carboxylic acids is 2. The second-order valence-electron chi connectivity index (χ2n) is 9.40. The van der Waals surface area contributed by atoms with E-state index in [2.05, 4.69) is 6.92 Å². The van der Waals surface area contributed by atoms with Crippen LogP contribution in [0.1, 0.15) is 90.9 Å². The van der Waals surface area contributed by atoms with Crippen LogP contribution in [-0.4, -0.2) is 24.1 Å². The van der Waals surface area contributed by atoms with Crippen molar-refractivity contribution in [2.24, 2.45) is 23.7 Å². The SMILES string of the molecule is C/C=C/C(=O)O[C@H]1CC[C@H]([C@H]2CC[C@H](C(=O)O[C@H]3CC[C@H](C)CC3)CC2)CC1. The monoisotopic (exact) mass is 390 g/mol. The first kappa shape index (κ1) is 21.4. The van der Waals surface area contributed by atoms with E-state index in [4.69, 9.17) is 9.47 Å². The van der Waals surface area contributed by atoms with Crippen molar-refractivity contribution in [1.29, 1.82) is 0 Å². The molecule has 0 aromatic heterocycles. The van der Waals surface area contributed by atoms with Crippen LogP contribution in [0.3, 0.4) is 0 Å². The molecule has 0 N–H and O–H groups in total. The molecule has 0 saturated heterocycles. The minimum Gasteiger partial charge on any atom is -0.462 e. The smallest absolute Gasteiger partial charge is 0.330 e. The minimum absolute atomic E-state index is 0.0672. The summed E-state index contributed by atoms with van der Waals surface area (Å²) < 4.78 is 11.3. The molecule has 0 aromatic carbocycles. The van der Waals surface area contributed by atoms with Crippen molar-refractivity contribution in [3.63, 3.8) is 0 Å². The zero-order valence-corrected chi connectivity index (χ0v) is 17.7. The van der Waals surface area contributed by atoms with Crippen LogP contribution in [0, 0.1) is 23.7 Å². The van der Waals surface area contributed by atoms with Gasteiger partial charge >= 0.3 is 11.9 Å². The zero-order valence-electron chi connectivity index (χ0n) is 17.7. The summed E-state index contributed by atoms with van der Waals surface area (Å²) in [5.41, 5.74) is 0. The maximum absolute atomic E-state index is 12.6. The molecular weight excluding hydrogens is 352 g/mol. The van der Waals surface area contributed by atoms with Gasteiger partial charge < -0.3 is 9.47 Å². The van der Waals surface area contributed by atoms with Gasteiger partial charge in [-0.25, -0.2) is 4.79 Å². The predicted molar refractivity (Wildman–Crippen MR) is 110 cm³/mol. The van der Waals surface area contributed by atoms with E-state index in [-0.39, 0.29) is 30.1 Å². The molecule has 0 spiro atoms. The number of hydrogen-bond acceptors (Lipinski definition) is 4. The first-order chi connectivity index (χ1) is 13.5. The van der Waals surface area contributed by atoms with Crippen LogP contribution >= 0.6 is 0 Å². The predicted octanol–water partition coefficient (Wildman–Crippen LogP) is 5.59. The Labute approximate surface area is 170 Å². The summed E-state index contributed by atoms with van der Waals surface area (Å²) in [6.45, 7) is 4.12. The fraction of sp³-hybridized carbons (Fsp3) is 0.833. The molecule has 28 heavy (non-hydrogen) atoms. The summed E-state index contributed by atoms with van der Waals surface area (Å²) in [5.74, 6) is 2.22. The molecule has 3 saturated carbocycles. The molecule has 3 aliphatic carbocycles. The molecule has 0 radical (unpaired) electrons. The molecule has 0 unspecified atom stereocenters. The van der Waals surface area contributed by atoms with E-state index in [1.54, 1.807) is 6.08 Å². The molecule has 3 rings (SSSR count). The van der Waals surface area contributed by atoms with Gasteiger partial charge in [0.2, 0.25) is 0 Å². The zero-order chi connectivity index (χ0) is 19.9. The Morgan fingerprint density at radius 2 is 1.21 bits per heavy atom. The summed E-state index contributed by atoms with van der Waals surface area (Å²) in [5, 5.41) is 0. The van der Waals surface area contributed by atoms with E-state index >= 15 is 0 Å². The van der Waals surface area contributed by atoms with Crippen molar-refractivity contribution in [3.8, 4) is 0 Å². The summed E-state index contributed by atoms with van der Waals surface area (Å²) in [7, 11) is 0. The Hall–Kier alpha value is -1.32. The highest BCUT2D eigenvalue weighted by molar-refractivity contribution is 5.81. The Balaban J connectivity index is 1.35. The normalized spacial score (nSPS) is 36.8. The van der Waals surface area contributed by atoms with E-state index < -0.39 is 0 Å². The largest absolute Gasteiger partial charge is 0.462 e. The number of allylic oxidation sites excluding steroid dienone is 1. The van der Waals surface area contributed by atoms with E-state index in [0.717, 1.165) is 82.0 Å². The lowest BCUT2D eigenvalue weighted by atomic mass is 9.70. The molecular formula is C24H38O4. The molecule has 0 bridgehead atoms. The van der Waals surface area contributed by atoms with E-state index in [0.29, 0.717) is 0 Å². The van der Waals surface area contributed by atoms with E-state index in [1.807, 2.05) is 6.92 Å². The topological polar surface area (TPSA) is 52.6 Å². The maximum atomic E-state index is 12.6. The molecule has 0 atom stereocenters. The van der Waals surface area contributed by atoms with Crippen LogP contribution in [0.4, 0.5) is 0 Å². The maximum Gasteiger partial charge on any atom is 0.330 e. The highest BCUT2D eigenvalue weighted by Gasteiger charge is 2.35. The molecule has 4 nitrogen and oxygen atoms in total. The van der Waals surface area contributed by atoms with Gasteiger partial charge in [-0.3, -0.25) is 4.79 Å². The van der Waals surface area contributed by atoms with Crippen LogP contribution in [-0.2, 0) is 19.1 Å². The molecule has 0 aliphatic heterocycles. The number of rotatable bonds is 5. The molecule has 0 amide bonds. The lowest BCUT2D eigenvalue weighted by Crippen LogP contribution is -2.33. The van der Waals surface area contributed by atoms with Crippen LogP contribution in [0.2, 0.25) is 0 Å². The molecule has 3 fully saturated rings. The van der Waals surface area contributed by atoms with Gasteiger partial charge in [-0.1, -0.05) is 13.0 Å². The fourth-order valence-electron chi connectivity index (χ4n) is 5.45. The van der Waals surface area contributed by atoms with E-state index in [1.165, 1.54) is 18.9 Å². The van der Waals surface area contributed by atoms with Crippen molar-refractivity contribution >= 4 is 11.9 Å². The highest BCUT2D eigenvalue weighted by Crippen LogP contribution is 2.41. The summed E-state index contributed by atoms with van der Waals surface area (Å²) in [4.78, 5) is 24.2. The lowest BCUT2D eigenvalue weighted by Gasteiger charge is -2.37. The average molecular weight is 391 g/mol.